The minimum absolute atomic E-state index is 0.0414. The molecule has 0 spiro atoms. The monoisotopic (exact) mass is 284 g/mol. The fourth-order valence-corrected chi connectivity index (χ4v) is 2.75. The normalized spacial score (nSPS) is 16.4. The topological polar surface area (TPSA) is 108 Å². The fraction of sp³-hybridized carbons (Fsp3) is 0.364. The molecule has 0 saturated heterocycles. The molecule has 0 atom stereocenters. The minimum atomic E-state index is -3.56. The summed E-state index contributed by atoms with van der Waals surface area (Å²) in [7, 11) is -2.10. The highest BCUT2D eigenvalue weighted by molar-refractivity contribution is 7.90. The molecule has 0 aromatic heterocycles. The first-order valence-electron chi connectivity index (χ1n) is 5.78. The van der Waals surface area contributed by atoms with E-state index in [9.17, 15) is 8.42 Å². The maximum Gasteiger partial charge on any atom is 0.301 e. The number of nitrogens with one attached hydrogen (secondary N) is 1. The van der Waals surface area contributed by atoms with Gasteiger partial charge in [-0.1, -0.05) is 17.3 Å². The number of nitrogens with two attached hydrogens (primary N) is 1. The smallest absolute Gasteiger partial charge is 0.301 e. The van der Waals surface area contributed by atoms with E-state index in [-0.39, 0.29) is 11.9 Å². The summed E-state index contributed by atoms with van der Waals surface area (Å²) >= 11 is 0. The molecule has 1 fully saturated rings. The molecule has 0 radical (unpaired) electrons. The number of hydrogen-bond acceptors (Lipinski definition) is 4. The van der Waals surface area contributed by atoms with Crippen molar-refractivity contribution in [1.29, 1.82) is 0 Å². The van der Waals surface area contributed by atoms with Crippen molar-refractivity contribution in [3.63, 3.8) is 0 Å². The fourth-order valence-electron chi connectivity index (χ4n) is 1.55. The molecule has 0 heterocycles. The van der Waals surface area contributed by atoms with Crippen molar-refractivity contribution in [1.82, 2.24) is 4.72 Å². The second-order valence-corrected chi connectivity index (χ2v) is 6.13. The standard InChI is InChI=1S/C11H16N4O3S/c1-15(19(17,18)14-9-5-6-9)10-4-2-3-8(7-10)11(12)13-16/h2-4,7,9,14,16H,5-6H2,1H3,(H2,12,13). The summed E-state index contributed by atoms with van der Waals surface area (Å²) in [4.78, 5) is 0. The Labute approximate surface area is 111 Å². The molecule has 7 nitrogen and oxygen atoms in total. The molecule has 1 aliphatic carbocycles. The molecule has 4 N–H and O–H groups in total. The highest BCUT2D eigenvalue weighted by atomic mass is 32.2. The quantitative estimate of drug-likeness (QED) is 0.311. The first-order chi connectivity index (χ1) is 8.94. The summed E-state index contributed by atoms with van der Waals surface area (Å²) in [6.07, 6.45) is 1.74. The molecule has 104 valence electrons. The van der Waals surface area contributed by atoms with E-state index in [1.807, 2.05) is 0 Å². The van der Waals surface area contributed by atoms with E-state index in [2.05, 4.69) is 9.88 Å². The van der Waals surface area contributed by atoms with Crippen molar-refractivity contribution in [3.8, 4) is 0 Å². The van der Waals surface area contributed by atoms with Gasteiger partial charge in [0.15, 0.2) is 5.84 Å². The van der Waals surface area contributed by atoms with Crippen molar-refractivity contribution >= 4 is 21.7 Å². The molecule has 0 bridgehead atoms. The maximum absolute atomic E-state index is 12.0. The lowest BCUT2D eigenvalue weighted by atomic mass is 10.2. The van der Waals surface area contributed by atoms with Gasteiger partial charge in [0.1, 0.15) is 0 Å². The highest BCUT2D eigenvalue weighted by Crippen LogP contribution is 2.23. The lowest BCUT2D eigenvalue weighted by Gasteiger charge is -2.20. The van der Waals surface area contributed by atoms with Gasteiger partial charge in [-0.05, 0) is 25.0 Å². The maximum atomic E-state index is 12.0. The molecule has 8 heteroatoms. The van der Waals surface area contributed by atoms with Gasteiger partial charge in [0.05, 0.1) is 5.69 Å². The number of anilines is 1. The molecule has 0 amide bonds. The molecule has 1 aromatic rings. The third-order valence-corrected chi connectivity index (χ3v) is 4.43. The first-order valence-corrected chi connectivity index (χ1v) is 7.22. The van der Waals surface area contributed by atoms with Gasteiger partial charge in [-0.3, -0.25) is 4.31 Å². The zero-order chi connectivity index (χ0) is 14.0. The van der Waals surface area contributed by atoms with E-state index in [0.29, 0.717) is 11.3 Å². The van der Waals surface area contributed by atoms with Crippen LogP contribution < -0.4 is 14.8 Å². The second-order valence-electron chi connectivity index (χ2n) is 4.40. The SMILES string of the molecule is CN(c1cccc(/C(N)=N/O)c1)S(=O)(=O)NC1CC1. The van der Waals surface area contributed by atoms with E-state index in [0.717, 1.165) is 17.1 Å². The van der Waals surface area contributed by atoms with Gasteiger partial charge in [-0.15, -0.1) is 0 Å². The Morgan fingerprint density at radius 2 is 2.21 bits per heavy atom. The van der Waals surface area contributed by atoms with Crippen LogP contribution in [0, 0.1) is 0 Å². The number of benzene rings is 1. The lowest BCUT2D eigenvalue weighted by Crippen LogP contribution is -2.39. The van der Waals surface area contributed by atoms with Crippen molar-refractivity contribution in [2.24, 2.45) is 10.9 Å². The largest absolute Gasteiger partial charge is 0.409 e. The van der Waals surface area contributed by atoms with Crippen LogP contribution in [0.2, 0.25) is 0 Å². The molecular formula is C11H16N4O3S. The van der Waals surface area contributed by atoms with Gasteiger partial charge in [0.25, 0.3) is 0 Å². The average molecular weight is 284 g/mol. The summed E-state index contributed by atoms with van der Waals surface area (Å²) in [5.74, 6) is -0.0669. The Balaban J connectivity index is 2.25. The van der Waals surface area contributed by atoms with Crippen LogP contribution in [0.25, 0.3) is 0 Å². The molecule has 2 rings (SSSR count). The molecule has 19 heavy (non-hydrogen) atoms. The number of oxime groups is 1. The Hall–Kier alpha value is -1.80. The van der Waals surface area contributed by atoms with Gasteiger partial charge < -0.3 is 10.9 Å². The van der Waals surface area contributed by atoms with Crippen LogP contribution in [0.3, 0.4) is 0 Å². The van der Waals surface area contributed by atoms with Gasteiger partial charge in [-0.25, -0.2) is 0 Å². The van der Waals surface area contributed by atoms with Crippen molar-refractivity contribution in [2.75, 3.05) is 11.4 Å². The zero-order valence-electron chi connectivity index (χ0n) is 10.4. The number of hydrogen-bond donors (Lipinski definition) is 3. The van der Waals surface area contributed by atoms with E-state index >= 15 is 0 Å². The summed E-state index contributed by atoms with van der Waals surface area (Å²) < 4.78 is 27.8. The van der Waals surface area contributed by atoms with Gasteiger partial charge >= 0.3 is 10.2 Å². The average Bonchev–Trinajstić information content (AvgIpc) is 3.20. The third kappa shape index (κ3) is 3.15. The predicted octanol–water partition coefficient (Wildman–Crippen LogP) is 0.214. The van der Waals surface area contributed by atoms with Crippen LogP contribution in [0.5, 0.6) is 0 Å². The van der Waals surface area contributed by atoms with Crippen LogP contribution in [-0.4, -0.2) is 32.6 Å². The Morgan fingerprint density at radius 1 is 1.53 bits per heavy atom. The molecule has 1 saturated carbocycles. The van der Waals surface area contributed by atoms with E-state index < -0.39 is 10.2 Å². The summed E-state index contributed by atoms with van der Waals surface area (Å²) in [5.41, 5.74) is 6.37. The zero-order valence-corrected chi connectivity index (χ0v) is 11.3. The second kappa shape index (κ2) is 5.06. The Morgan fingerprint density at radius 3 is 2.79 bits per heavy atom. The number of amidine groups is 1. The molecule has 1 aromatic carbocycles. The summed E-state index contributed by atoms with van der Waals surface area (Å²) in [5, 5.41) is 11.5. The van der Waals surface area contributed by atoms with Crippen molar-refractivity contribution in [2.45, 2.75) is 18.9 Å². The summed E-state index contributed by atoms with van der Waals surface area (Å²) in [6, 6.07) is 6.50. The number of nitrogens with zero attached hydrogens (tertiary/aromatic N) is 2. The molecule has 0 unspecified atom stereocenters. The molecule has 0 aliphatic heterocycles. The lowest BCUT2D eigenvalue weighted by molar-refractivity contribution is 0.318. The van der Waals surface area contributed by atoms with Crippen LogP contribution in [0.15, 0.2) is 29.4 Å². The highest BCUT2D eigenvalue weighted by Gasteiger charge is 2.29. The van der Waals surface area contributed by atoms with Crippen LogP contribution in [0.4, 0.5) is 5.69 Å². The Bertz CT molecular complexity index is 596. The van der Waals surface area contributed by atoms with Crippen LogP contribution >= 0.6 is 0 Å². The minimum Gasteiger partial charge on any atom is -0.409 e. The summed E-state index contributed by atoms with van der Waals surface area (Å²) in [6.45, 7) is 0. The van der Waals surface area contributed by atoms with E-state index in [1.54, 1.807) is 24.3 Å². The van der Waals surface area contributed by atoms with E-state index in [4.69, 9.17) is 10.9 Å². The van der Waals surface area contributed by atoms with Gasteiger partial charge in [0.2, 0.25) is 0 Å². The third-order valence-electron chi connectivity index (χ3n) is 2.87. The number of rotatable bonds is 5. The van der Waals surface area contributed by atoms with Crippen LogP contribution in [0.1, 0.15) is 18.4 Å². The van der Waals surface area contributed by atoms with E-state index in [1.165, 1.54) is 7.05 Å². The van der Waals surface area contributed by atoms with Gasteiger partial charge in [0, 0.05) is 18.7 Å². The van der Waals surface area contributed by atoms with Gasteiger partial charge in [-0.2, -0.15) is 13.1 Å². The van der Waals surface area contributed by atoms with Crippen molar-refractivity contribution in [3.05, 3.63) is 29.8 Å². The van der Waals surface area contributed by atoms with Crippen LogP contribution in [-0.2, 0) is 10.2 Å². The van der Waals surface area contributed by atoms with Crippen molar-refractivity contribution < 1.29 is 13.6 Å². The molecular weight excluding hydrogens is 268 g/mol. The predicted molar refractivity (Wildman–Crippen MR) is 72.4 cm³/mol. The first kappa shape index (κ1) is 13.6. The Kier molecular flexibility index (Phi) is 3.63. The molecule has 1 aliphatic rings.